The summed E-state index contributed by atoms with van der Waals surface area (Å²) >= 11 is 0. The van der Waals surface area contributed by atoms with Crippen LogP contribution in [0.15, 0.2) is 43.0 Å². The van der Waals surface area contributed by atoms with Crippen molar-refractivity contribution < 1.29 is 24.2 Å². The second-order valence-electron chi connectivity index (χ2n) is 18.1. The van der Waals surface area contributed by atoms with Crippen LogP contribution in [-0.4, -0.2) is 45.4 Å². The molecule has 0 unspecified atom stereocenters. The number of ether oxygens (including phenoxy) is 2. The van der Waals surface area contributed by atoms with Crippen LogP contribution >= 0.6 is 0 Å². The number of carbonyl (C=O) groups excluding carboxylic acids is 2. The van der Waals surface area contributed by atoms with Gasteiger partial charge in [0.1, 0.15) is 6.10 Å². The minimum absolute atomic E-state index is 0.00239. The third-order valence-corrected chi connectivity index (χ3v) is 15.6. The quantitative estimate of drug-likeness (QED) is 0.119. The van der Waals surface area contributed by atoms with Gasteiger partial charge >= 0.3 is 11.9 Å². The Morgan fingerprint density at radius 1 is 0.960 bits per heavy atom. The monoisotopic (exact) mass is 690 g/mol. The maximum absolute atomic E-state index is 14.4. The molecule has 6 rings (SSSR count). The van der Waals surface area contributed by atoms with Crippen LogP contribution in [0.2, 0.25) is 0 Å². The van der Waals surface area contributed by atoms with Crippen LogP contribution in [-0.2, 0) is 25.6 Å². The van der Waals surface area contributed by atoms with E-state index in [1.165, 1.54) is 38.5 Å². The summed E-state index contributed by atoms with van der Waals surface area (Å²) in [6.45, 7) is 21.8. The summed E-state index contributed by atoms with van der Waals surface area (Å²) in [7, 11) is 0. The van der Waals surface area contributed by atoms with Crippen LogP contribution in [0, 0.1) is 51.2 Å². The lowest BCUT2D eigenvalue weighted by atomic mass is 9.33. The third kappa shape index (κ3) is 6.23. The summed E-state index contributed by atoms with van der Waals surface area (Å²) in [6, 6.07) is 0. The number of aliphatic hydroxyl groups is 1. The highest BCUT2D eigenvalue weighted by molar-refractivity contribution is 5.78. The van der Waals surface area contributed by atoms with E-state index in [0.717, 1.165) is 75.5 Å². The first-order chi connectivity index (χ1) is 23.8. The van der Waals surface area contributed by atoms with Crippen LogP contribution < -0.4 is 0 Å². The zero-order valence-electron chi connectivity index (χ0n) is 31.9. The van der Waals surface area contributed by atoms with E-state index in [-0.39, 0.29) is 64.9 Å². The van der Waals surface area contributed by atoms with E-state index in [9.17, 15) is 14.7 Å². The fraction of sp³-hybridized carbons (Fsp3) is 0.791. The van der Waals surface area contributed by atoms with Gasteiger partial charge in [-0.2, -0.15) is 0 Å². The number of allylic oxidation sites excluding steroid dienone is 2. The highest BCUT2D eigenvalue weighted by Gasteiger charge is 2.74. The molecule has 4 aliphatic carbocycles. The molecule has 278 valence electrons. The van der Waals surface area contributed by atoms with E-state index in [1.807, 2.05) is 18.7 Å². The van der Waals surface area contributed by atoms with Gasteiger partial charge in [-0.25, -0.2) is 4.98 Å². The number of rotatable bonds is 14. The molecule has 0 amide bonds. The lowest BCUT2D eigenvalue weighted by Crippen LogP contribution is -2.69. The minimum atomic E-state index is -0.767. The SMILES string of the molecule is C=C(C)[C@@H]1CC[C@]2(C(=O)OCCCCCCCCCCn3ccnc3)CC[C@]3(C)[C@H](C[C@H]4OC(=O)C[C@@H](O)[C@]5(C)[C@@H]4[C@@]3(C)CC[C@H]5C(=C)C)[C@@H]12. The molecule has 7 heteroatoms. The molecule has 11 atom stereocenters. The molecular formula is C43H66N2O5. The fourth-order valence-electron chi connectivity index (χ4n) is 12.9. The van der Waals surface area contributed by atoms with E-state index in [4.69, 9.17) is 9.47 Å². The zero-order chi connectivity index (χ0) is 35.9. The Hall–Kier alpha value is -2.41. The molecule has 5 fully saturated rings. The van der Waals surface area contributed by atoms with Crippen molar-refractivity contribution in [2.45, 2.75) is 156 Å². The van der Waals surface area contributed by atoms with Gasteiger partial charge in [-0.3, -0.25) is 9.59 Å². The predicted octanol–water partition coefficient (Wildman–Crippen LogP) is 9.25. The van der Waals surface area contributed by atoms with E-state index >= 15 is 0 Å². The first-order valence-corrected chi connectivity index (χ1v) is 20.1. The lowest BCUT2D eigenvalue weighted by molar-refractivity contribution is -0.260. The number of nitrogens with zero attached hydrogens (tertiary/aromatic N) is 2. The smallest absolute Gasteiger partial charge is 0.312 e. The fourth-order valence-corrected chi connectivity index (χ4v) is 12.9. The first kappa shape index (κ1) is 37.4. The molecule has 0 spiro atoms. The van der Waals surface area contributed by atoms with E-state index < -0.39 is 16.9 Å². The number of carbonyl (C=O) groups is 2. The Morgan fingerprint density at radius 3 is 2.32 bits per heavy atom. The van der Waals surface area contributed by atoms with E-state index in [0.29, 0.717) is 6.61 Å². The molecule has 1 aromatic heterocycles. The summed E-state index contributed by atoms with van der Waals surface area (Å²) in [6.07, 6.45) is 20.4. The molecule has 1 saturated heterocycles. The predicted molar refractivity (Wildman–Crippen MR) is 197 cm³/mol. The van der Waals surface area contributed by atoms with Crippen LogP contribution in [0.1, 0.15) is 137 Å². The van der Waals surface area contributed by atoms with Gasteiger partial charge in [-0.15, -0.1) is 0 Å². The Labute approximate surface area is 302 Å². The Morgan fingerprint density at radius 2 is 1.66 bits per heavy atom. The largest absolute Gasteiger partial charge is 0.465 e. The van der Waals surface area contributed by atoms with Crippen LogP contribution in [0.5, 0.6) is 0 Å². The van der Waals surface area contributed by atoms with Crippen molar-refractivity contribution >= 4 is 11.9 Å². The summed E-state index contributed by atoms with van der Waals surface area (Å²) in [5.74, 6) is 0.445. The number of aryl methyl sites for hydroxylation is 1. The van der Waals surface area contributed by atoms with Gasteiger partial charge in [0.05, 0.1) is 30.9 Å². The third-order valence-electron chi connectivity index (χ3n) is 15.6. The van der Waals surface area contributed by atoms with E-state index in [2.05, 4.69) is 57.3 Å². The Bertz CT molecular complexity index is 1410. The molecule has 1 aromatic rings. The maximum atomic E-state index is 14.4. The summed E-state index contributed by atoms with van der Waals surface area (Å²) in [4.78, 5) is 31.8. The maximum Gasteiger partial charge on any atom is 0.312 e. The number of unbranched alkanes of at least 4 members (excludes halogenated alkanes) is 7. The molecule has 1 N–H and O–H groups in total. The first-order valence-electron chi connectivity index (χ1n) is 20.1. The minimum Gasteiger partial charge on any atom is -0.465 e. The van der Waals surface area contributed by atoms with Crippen molar-refractivity contribution in [2.24, 2.45) is 51.2 Å². The highest BCUT2D eigenvalue weighted by Crippen LogP contribution is 2.77. The average Bonchev–Trinajstić information content (AvgIpc) is 3.71. The summed E-state index contributed by atoms with van der Waals surface area (Å²) in [5.41, 5.74) is 1.01. The second kappa shape index (κ2) is 14.5. The van der Waals surface area contributed by atoms with Gasteiger partial charge < -0.3 is 19.1 Å². The second-order valence-corrected chi connectivity index (χ2v) is 18.1. The molecule has 2 heterocycles. The Balaban J connectivity index is 1.13. The average molecular weight is 691 g/mol. The molecule has 4 saturated carbocycles. The zero-order valence-corrected chi connectivity index (χ0v) is 31.9. The van der Waals surface area contributed by atoms with Gasteiger partial charge in [0.2, 0.25) is 0 Å². The number of esters is 2. The molecule has 0 aromatic carbocycles. The number of aromatic nitrogens is 2. The molecule has 7 nitrogen and oxygen atoms in total. The topological polar surface area (TPSA) is 90.7 Å². The number of hydrogen-bond acceptors (Lipinski definition) is 6. The number of aliphatic hydroxyl groups excluding tert-OH is 1. The van der Waals surface area contributed by atoms with Crippen LogP contribution in [0.4, 0.5) is 0 Å². The van der Waals surface area contributed by atoms with Crippen molar-refractivity contribution in [1.29, 1.82) is 0 Å². The molecular weight excluding hydrogens is 624 g/mol. The van der Waals surface area contributed by atoms with Crippen molar-refractivity contribution in [3.8, 4) is 0 Å². The number of imidazole rings is 1. The lowest BCUT2D eigenvalue weighted by Gasteiger charge is -2.71. The van der Waals surface area contributed by atoms with Gasteiger partial charge in [-0.1, -0.05) is 83.6 Å². The van der Waals surface area contributed by atoms with Crippen molar-refractivity contribution in [3.05, 3.63) is 43.0 Å². The normalized spacial score (nSPS) is 40.5. The molecule has 1 aliphatic heterocycles. The molecule has 0 bridgehead atoms. The molecule has 50 heavy (non-hydrogen) atoms. The Kier molecular flexibility index (Phi) is 10.9. The van der Waals surface area contributed by atoms with Gasteiger partial charge in [0.15, 0.2) is 0 Å². The highest BCUT2D eigenvalue weighted by atomic mass is 16.5. The summed E-state index contributed by atoms with van der Waals surface area (Å²) < 4.78 is 14.8. The molecule has 5 aliphatic rings. The van der Waals surface area contributed by atoms with Crippen molar-refractivity contribution in [2.75, 3.05) is 6.61 Å². The number of fused-ring (bicyclic) bond motifs is 4. The van der Waals surface area contributed by atoms with Gasteiger partial charge in [0, 0.05) is 30.3 Å². The molecule has 0 radical (unpaired) electrons. The summed E-state index contributed by atoms with van der Waals surface area (Å²) in [5, 5.41) is 11.8. The van der Waals surface area contributed by atoms with Crippen LogP contribution in [0.25, 0.3) is 0 Å². The standard InChI is InChI=1S/C43H66N2O5/c1-29(2)31-16-19-43(39(48)49-25-15-13-11-9-8-10-12-14-23-45-24-22-44-28-45)21-20-40(5)33(37(31)43)26-34-38-41(40,6)18-17-32(30(3)4)42(38,7)35(46)27-36(47)50-34/h22,24,28,31-35,37-38,46H,1,3,8-21,23,25-27H2,2,4-7H3/t31-,32-,33+,34+,35+,37+,38-,40+,41+,42+,43-/m0/s1. The van der Waals surface area contributed by atoms with Crippen molar-refractivity contribution in [3.63, 3.8) is 0 Å². The van der Waals surface area contributed by atoms with Crippen molar-refractivity contribution in [1.82, 2.24) is 9.55 Å². The van der Waals surface area contributed by atoms with Crippen LogP contribution in [0.3, 0.4) is 0 Å². The number of hydrogen-bond donors (Lipinski definition) is 1. The van der Waals surface area contributed by atoms with Gasteiger partial charge in [0.25, 0.3) is 0 Å². The van der Waals surface area contributed by atoms with Gasteiger partial charge in [-0.05, 0) is 106 Å². The van der Waals surface area contributed by atoms with E-state index in [1.54, 1.807) is 0 Å².